The van der Waals surface area contributed by atoms with Crippen molar-refractivity contribution in [3.63, 3.8) is 0 Å². The minimum Gasteiger partial charge on any atom is -0.376 e. The van der Waals surface area contributed by atoms with Crippen LogP contribution < -0.4 is 5.56 Å². The molecule has 28 heavy (non-hydrogen) atoms. The van der Waals surface area contributed by atoms with Crippen molar-refractivity contribution in [2.45, 2.75) is 55.9 Å². The summed E-state index contributed by atoms with van der Waals surface area (Å²) in [6.07, 6.45) is 2.79. The fourth-order valence-electron chi connectivity index (χ4n) is 3.52. The molecule has 1 atom stereocenters. The monoisotopic (exact) mass is 412 g/mol. The molecule has 144 valence electrons. The van der Waals surface area contributed by atoms with Gasteiger partial charge in [0, 0.05) is 11.5 Å². The topological polar surface area (TPSA) is 80.8 Å². The van der Waals surface area contributed by atoms with Crippen LogP contribution in [-0.2, 0) is 17.7 Å². The van der Waals surface area contributed by atoms with E-state index < -0.39 is 0 Å². The summed E-state index contributed by atoms with van der Waals surface area (Å²) in [4.78, 5) is 24.5. The van der Waals surface area contributed by atoms with E-state index in [1.54, 1.807) is 28.0 Å². The van der Waals surface area contributed by atoms with Gasteiger partial charge in [0.1, 0.15) is 21.6 Å². The second kappa shape index (κ2) is 8.03. The van der Waals surface area contributed by atoms with Crippen LogP contribution in [0, 0.1) is 18.3 Å². The molecule has 0 aliphatic carbocycles. The Labute approximate surface area is 171 Å². The largest absolute Gasteiger partial charge is 0.376 e. The molecule has 0 amide bonds. The first-order valence-corrected chi connectivity index (χ1v) is 10.9. The van der Waals surface area contributed by atoms with Crippen LogP contribution >= 0.6 is 23.1 Å². The number of rotatable bonds is 5. The van der Waals surface area contributed by atoms with E-state index in [2.05, 4.69) is 18.0 Å². The van der Waals surface area contributed by atoms with Crippen molar-refractivity contribution in [3.8, 4) is 6.07 Å². The van der Waals surface area contributed by atoms with Gasteiger partial charge in [-0.2, -0.15) is 5.26 Å². The van der Waals surface area contributed by atoms with Crippen LogP contribution in [0.25, 0.3) is 10.2 Å². The molecule has 4 rings (SSSR count). The molecular weight excluding hydrogens is 392 g/mol. The van der Waals surface area contributed by atoms with E-state index in [1.165, 1.54) is 11.8 Å². The highest BCUT2D eigenvalue weighted by Gasteiger charge is 2.23. The van der Waals surface area contributed by atoms with Gasteiger partial charge in [0.15, 0.2) is 5.16 Å². The maximum Gasteiger partial charge on any atom is 0.263 e. The molecule has 0 spiro atoms. The Bertz CT molecular complexity index is 1120. The molecule has 1 unspecified atom stereocenters. The van der Waals surface area contributed by atoms with E-state index in [-0.39, 0.29) is 11.7 Å². The van der Waals surface area contributed by atoms with Gasteiger partial charge >= 0.3 is 0 Å². The van der Waals surface area contributed by atoms with Crippen LogP contribution in [-0.4, -0.2) is 27.2 Å². The van der Waals surface area contributed by atoms with Crippen molar-refractivity contribution in [1.82, 2.24) is 14.5 Å². The van der Waals surface area contributed by atoms with E-state index >= 15 is 0 Å². The standard InChI is InChI=1S/C20H20N4O2S2/c1-3-15-12(2)27-18-17(15)19(25)24(11-14-7-5-9-26-14)20(23-18)28-16-8-4-6-13(10-21)22-16/h4,6,8,14H,3,5,7,9,11H2,1-2H3. The van der Waals surface area contributed by atoms with E-state index in [0.717, 1.165) is 46.5 Å². The molecule has 3 aromatic heterocycles. The van der Waals surface area contributed by atoms with Gasteiger partial charge in [-0.15, -0.1) is 11.3 Å². The minimum atomic E-state index is -0.0133. The average molecular weight is 413 g/mol. The smallest absolute Gasteiger partial charge is 0.263 e. The number of aromatic nitrogens is 3. The first kappa shape index (κ1) is 19.1. The minimum absolute atomic E-state index is 0.0133. The molecule has 4 heterocycles. The van der Waals surface area contributed by atoms with Crippen molar-refractivity contribution in [2.75, 3.05) is 6.61 Å². The number of hydrogen-bond acceptors (Lipinski definition) is 7. The summed E-state index contributed by atoms with van der Waals surface area (Å²) in [5.41, 5.74) is 1.42. The van der Waals surface area contributed by atoms with Crippen LogP contribution in [0.4, 0.5) is 0 Å². The van der Waals surface area contributed by atoms with E-state index in [9.17, 15) is 4.79 Å². The van der Waals surface area contributed by atoms with Crippen molar-refractivity contribution in [1.29, 1.82) is 5.26 Å². The van der Waals surface area contributed by atoms with Gasteiger partial charge in [-0.05, 0) is 55.6 Å². The van der Waals surface area contributed by atoms with Gasteiger partial charge < -0.3 is 4.74 Å². The van der Waals surface area contributed by atoms with Crippen LogP contribution in [0.2, 0.25) is 0 Å². The fraction of sp³-hybridized carbons (Fsp3) is 0.400. The number of thiophene rings is 1. The second-order valence-corrected chi connectivity index (χ2v) is 8.88. The Morgan fingerprint density at radius 3 is 3.00 bits per heavy atom. The van der Waals surface area contributed by atoms with Crippen LogP contribution in [0.3, 0.4) is 0 Å². The van der Waals surface area contributed by atoms with Gasteiger partial charge in [-0.1, -0.05) is 13.0 Å². The molecule has 6 nitrogen and oxygen atoms in total. The number of pyridine rings is 1. The van der Waals surface area contributed by atoms with Gasteiger partial charge in [0.2, 0.25) is 0 Å². The third-order valence-corrected chi connectivity index (χ3v) is 6.85. The van der Waals surface area contributed by atoms with Crippen molar-refractivity contribution in [2.24, 2.45) is 0 Å². The summed E-state index contributed by atoms with van der Waals surface area (Å²) in [7, 11) is 0. The Balaban J connectivity index is 1.85. The molecule has 1 aliphatic heterocycles. The molecule has 0 aromatic carbocycles. The Hall–Kier alpha value is -2.21. The SMILES string of the molecule is CCc1c(C)sc2nc(Sc3cccc(C#N)n3)n(CC3CCCO3)c(=O)c12. The highest BCUT2D eigenvalue weighted by molar-refractivity contribution is 7.99. The number of fused-ring (bicyclic) bond motifs is 1. The van der Waals surface area contributed by atoms with Crippen molar-refractivity contribution in [3.05, 3.63) is 44.7 Å². The number of nitriles is 1. The van der Waals surface area contributed by atoms with Gasteiger partial charge in [-0.25, -0.2) is 9.97 Å². The second-order valence-electron chi connectivity index (χ2n) is 6.69. The summed E-state index contributed by atoms with van der Waals surface area (Å²) < 4.78 is 7.51. The number of ether oxygens (including phenoxy) is 1. The number of nitrogens with zero attached hydrogens (tertiary/aromatic N) is 4. The molecule has 3 aromatic rings. The lowest BCUT2D eigenvalue weighted by atomic mass is 10.1. The zero-order valence-corrected chi connectivity index (χ0v) is 17.4. The Morgan fingerprint density at radius 1 is 1.43 bits per heavy atom. The predicted molar refractivity (Wildman–Crippen MR) is 110 cm³/mol. The van der Waals surface area contributed by atoms with E-state index in [1.807, 2.05) is 13.0 Å². The summed E-state index contributed by atoms with van der Waals surface area (Å²) >= 11 is 2.88. The van der Waals surface area contributed by atoms with E-state index in [4.69, 9.17) is 15.0 Å². The first-order chi connectivity index (χ1) is 13.6. The molecule has 1 aliphatic rings. The van der Waals surface area contributed by atoms with E-state index in [0.29, 0.717) is 22.4 Å². The summed E-state index contributed by atoms with van der Waals surface area (Å²) in [6, 6.07) is 7.34. The Morgan fingerprint density at radius 2 is 2.29 bits per heavy atom. The van der Waals surface area contributed by atoms with Gasteiger partial charge in [0.25, 0.3) is 5.56 Å². The number of hydrogen-bond donors (Lipinski definition) is 0. The summed E-state index contributed by atoms with van der Waals surface area (Å²) in [6.45, 7) is 5.33. The van der Waals surface area contributed by atoms with Crippen LogP contribution in [0.5, 0.6) is 0 Å². The molecule has 1 saturated heterocycles. The zero-order chi connectivity index (χ0) is 19.7. The quantitative estimate of drug-likeness (QED) is 0.591. The normalized spacial score (nSPS) is 16.5. The lowest BCUT2D eigenvalue weighted by Gasteiger charge is -2.15. The number of aryl methyl sites for hydroxylation is 2. The molecule has 0 radical (unpaired) electrons. The predicted octanol–water partition coefficient (Wildman–Crippen LogP) is 3.93. The first-order valence-electron chi connectivity index (χ1n) is 9.30. The fourth-order valence-corrected chi connectivity index (χ4v) is 5.56. The lowest BCUT2D eigenvalue weighted by Crippen LogP contribution is -2.28. The molecular formula is C20H20N4O2S2. The van der Waals surface area contributed by atoms with Crippen LogP contribution in [0.1, 0.15) is 35.9 Å². The van der Waals surface area contributed by atoms with Crippen molar-refractivity contribution >= 4 is 33.3 Å². The molecule has 1 fully saturated rings. The molecule has 0 bridgehead atoms. The Kier molecular flexibility index (Phi) is 5.49. The van der Waals surface area contributed by atoms with Gasteiger partial charge in [-0.3, -0.25) is 9.36 Å². The van der Waals surface area contributed by atoms with Crippen molar-refractivity contribution < 1.29 is 4.74 Å². The summed E-state index contributed by atoms with van der Waals surface area (Å²) in [5, 5.41) is 11.1. The third kappa shape index (κ3) is 3.58. The molecule has 0 N–H and O–H groups in total. The third-order valence-electron chi connectivity index (χ3n) is 4.88. The molecule has 8 heteroatoms. The highest BCUT2D eigenvalue weighted by Crippen LogP contribution is 2.32. The average Bonchev–Trinajstić information content (AvgIpc) is 3.32. The lowest BCUT2D eigenvalue weighted by molar-refractivity contribution is 0.0937. The zero-order valence-electron chi connectivity index (χ0n) is 15.8. The molecule has 0 saturated carbocycles. The highest BCUT2D eigenvalue weighted by atomic mass is 32.2. The maximum atomic E-state index is 13.4. The maximum absolute atomic E-state index is 13.4. The van der Waals surface area contributed by atoms with Gasteiger partial charge in [0.05, 0.1) is 18.0 Å². The van der Waals surface area contributed by atoms with Crippen LogP contribution in [0.15, 0.2) is 33.2 Å². The summed E-state index contributed by atoms with van der Waals surface area (Å²) in [5.74, 6) is 0.